The first-order valence-corrected chi connectivity index (χ1v) is 13.4. The molecule has 0 N–H and O–H groups in total. The molecule has 2 aliphatic heterocycles. The molecule has 0 aliphatic carbocycles. The van der Waals surface area contributed by atoms with E-state index < -0.39 is 0 Å². The molecule has 0 unspecified atom stereocenters. The van der Waals surface area contributed by atoms with E-state index in [0.29, 0.717) is 6.54 Å². The van der Waals surface area contributed by atoms with Crippen LogP contribution in [0.1, 0.15) is 52.7 Å². The van der Waals surface area contributed by atoms with Gasteiger partial charge in [-0.25, -0.2) is 4.98 Å². The fraction of sp³-hybridized carbons (Fsp3) is 0.312. The van der Waals surface area contributed by atoms with Crippen LogP contribution in [0.15, 0.2) is 89.7 Å². The lowest BCUT2D eigenvalue weighted by atomic mass is 9.97. The minimum absolute atomic E-state index is 0.0780. The summed E-state index contributed by atoms with van der Waals surface area (Å²) in [7, 11) is 0. The van der Waals surface area contributed by atoms with E-state index in [9.17, 15) is 4.79 Å². The second-order valence-corrected chi connectivity index (χ2v) is 10.3. The van der Waals surface area contributed by atoms with Crippen LogP contribution >= 0.6 is 0 Å². The van der Waals surface area contributed by atoms with Crippen LogP contribution in [0, 0.1) is 6.92 Å². The van der Waals surface area contributed by atoms with E-state index in [1.807, 2.05) is 47.9 Å². The molecule has 4 aromatic rings. The summed E-state index contributed by atoms with van der Waals surface area (Å²) in [5.74, 6) is 0.771. The second kappa shape index (κ2) is 10.3. The first-order valence-electron chi connectivity index (χ1n) is 13.4. The van der Waals surface area contributed by atoms with E-state index in [1.54, 1.807) is 0 Å². The Hall–Kier alpha value is -3.70. The first-order chi connectivity index (χ1) is 18.2. The molecule has 188 valence electrons. The summed E-state index contributed by atoms with van der Waals surface area (Å²) in [4.78, 5) is 23.9. The van der Waals surface area contributed by atoms with Crippen molar-refractivity contribution < 1.29 is 0 Å². The Bertz CT molecular complexity index is 1370. The van der Waals surface area contributed by atoms with E-state index in [1.165, 1.54) is 24.1 Å². The molecule has 1 fully saturated rings. The molecule has 0 saturated carbocycles. The molecule has 0 amide bonds. The van der Waals surface area contributed by atoms with Crippen molar-refractivity contribution in [3.8, 4) is 0 Å². The maximum atomic E-state index is 14.1. The van der Waals surface area contributed by atoms with E-state index in [0.717, 1.165) is 60.8 Å². The van der Waals surface area contributed by atoms with Gasteiger partial charge < -0.3 is 4.90 Å². The van der Waals surface area contributed by atoms with Crippen LogP contribution in [0.3, 0.4) is 0 Å². The van der Waals surface area contributed by atoms with Crippen molar-refractivity contribution in [1.82, 2.24) is 14.5 Å². The standard InChI is InChI=1S/C32H34N4O/c1-24-33-30-18-21-34(22-25-14-16-28(17-15-25)35-19-8-9-20-35)23-29(30)32(37)36(24)31(26-10-4-2-5-11-26)27-12-6-3-7-13-27/h2-7,10-17,31H,8-9,18-23H2,1H3. The zero-order valence-corrected chi connectivity index (χ0v) is 21.5. The minimum Gasteiger partial charge on any atom is -0.372 e. The predicted molar refractivity (Wildman–Crippen MR) is 149 cm³/mol. The van der Waals surface area contributed by atoms with Gasteiger partial charge in [-0.1, -0.05) is 72.8 Å². The fourth-order valence-corrected chi connectivity index (χ4v) is 5.91. The zero-order valence-electron chi connectivity index (χ0n) is 21.5. The van der Waals surface area contributed by atoms with Gasteiger partial charge in [-0.3, -0.25) is 14.3 Å². The van der Waals surface area contributed by atoms with Gasteiger partial charge in [0.1, 0.15) is 5.82 Å². The maximum absolute atomic E-state index is 14.1. The van der Waals surface area contributed by atoms with Gasteiger partial charge >= 0.3 is 0 Å². The lowest BCUT2D eigenvalue weighted by Gasteiger charge is -2.30. The van der Waals surface area contributed by atoms with Gasteiger partial charge in [-0.05, 0) is 48.6 Å². The molecular formula is C32H34N4O. The second-order valence-electron chi connectivity index (χ2n) is 10.3. The number of anilines is 1. The Labute approximate surface area is 219 Å². The molecule has 0 spiro atoms. The van der Waals surface area contributed by atoms with Crippen LogP contribution in [0.25, 0.3) is 0 Å². The van der Waals surface area contributed by atoms with Crippen molar-refractivity contribution >= 4 is 5.69 Å². The van der Waals surface area contributed by atoms with E-state index in [4.69, 9.17) is 4.98 Å². The Morgan fingerprint density at radius 1 is 0.811 bits per heavy atom. The van der Waals surface area contributed by atoms with Crippen molar-refractivity contribution in [2.75, 3.05) is 24.5 Å². The Morgan fingerprint density at radius 3 is 2.05 bits per heavy atom. The van der Waals surface area contributed by atoms with Gasteiger partial charge in [0.25, 0.3) is 5.56 Å². The molecule has 1 aromatic heterocycles. The molecule has 37 heavy (non-hydrogen) atoms. The van der Waals surface area contributed by atoms with Crippen LogP contribution in [-0.2, 0) is 19.5 Å². The van der Waals surface area contributed by atoms with Crippen LogP contribution in [0.2, 0.25) is 0 Å². The van der Waals surface area contributed by atoms with Crippen LogP contribution in [0.4, 0.5) is 5.69 Å². The lowest BCUT2D eigenvalue weighted by Crippen LogP contribution is -2.40. The number of rotatable bonds is 6. The molecule has 5 nitrogen and oxygen atoms in total. The Balaban J connectivity index is 1.30. The van der Waals surface area contributed by atoms with E-state index in [-0.39, 0.29) is 11.6 Å². The van der Waals surface area contributed by atoms with Crippen molar-refractivity contribution in [3.63, 3.8) is 0 Å². The van der Waals surface area contributed by atoms with Crippen LogP contribution < -0.4 is 10.5 Å². The van der Waals surface area contributed by atoms with Crippen molar-refractivity contribution in [1.29, 1.82) is 0 Å². The van der Waals surface area contributed by atoms with Gasteiger partial charge in [0.15, 0.2) is 0 Å². The maximum Gasteiger partial charge on any atom is 0.259 e. The summed E-state index contributed by atoms with van der Waals surface area (Å²) in [5.41, 5.74) is 6.66. The van der Waals surface area contributed by atoms with Gasteiger partial charge in [0.05, 0.1) is 17.3 Å². The highest BCUT2D eigenvalue weighted by molar-refractivity contribution is 5.48. The van der Waals surface area contributed by atoms with Gasteiger partial charge in [-0.15, -0.1) is 0 Å². The molecule has 3 heterocycles. The van der Waals surface area contributed by atoms with Crippen molar-refractivity contribution in [3.05, 3.63) is 129 Å². The van der Waals surface area contributed by atoms with E-state index >= 15 is 0 Å². The van der Waals surface area contributed by atoms with Gasteiger partial charge in [-0.2, -0.15) is 0 Å². The number of benzene rings is 3. The third kappa shape index (κ3) is 4.84. The van der Waals surface area contributed by atoms with Crippen LogP contribution in [0.5, 0.6) is 0 Å². The quantitative estimate of drug-likeness (QED) is 0.366. The number of hydrogen-bond acceptors (Lipinski definition) is 4. The molecule has 2 aliphatic rings. The number of aromatic nitrogens is 2. The van der Waals surface area contributed by atoms with E-state index in [2.05, 4.69) is 58.3 Å². The summed E-state index contributed by atoms with van der Waals surface area (Å²) < 4.78 is 1.90. The van der Waals surface area contributed by atoms with Gasteiger partial charge in [0.2, 0.25) is 0 Å². The molecule has 0 bridgehead atoms. The molecular weight excluding hydrogens is 456 g/mol. The summed E-state index contributed by atoms with van der Waals surface area (Å²) in [6.45, 7) is 6.67. The topological polar surface area (TPSA) is 41.4 Å². The summed E-state index contributed by atoms with van der Waals surface area (Å²) in [6.07, 6.45) is 3.38. The Kier molecular flexibility index (Phi) is 6.62. The molecule has 6 rings (SSSR count). The minimum atomic E-state index is -0.207. The third-order valence-corrected chi connectivity index (χ3v) is 7.82. The number of fused-ring (bicyclic) bond motifs is 1. The first kappa shape index (κ1) is 23.7. The summed E-state index contributed by atoms with van der Waals surface area (Å²) >= 11 is 0. The zero-order chi connectivity index (χ0) is 25.2. The number of aryl methyl sites for hydroxylation is 1. The molecule has 1 saturated heterocycles. The Morgan fingerprint density at radius 2 is 1.43 bits per heavy atom. The highest BCUT2D eigenvalue weighted by atomic mass is 16.1. The highest BCUT2D eigenvalue weighted by Crippen LogP contribution is 2.28. The third-order valence-electron chi connectivity index (χ3n) is 7.82. The molecule has 5 heteroatoms. The smallest absolute Gasteiger partial charge is 0.259 e. The normalized spacial score (nSPS) is 15.8. The van der Waals surface area contributed by atoms with Crippen LogP contribution in [-0.4, -0.2) is 34.1 Å². The molecule has 3 aromatic carbocycles. The SMILES string of the molecule is Cc1nc2c(c(=O)n1C(c1ccccc1)c1ccccc1)CN(Cc1ccc(N3CCCC3)cc1)CC2. The number of hydrogen-bond donors (Lipinski definition) is 0. The number of nitrogens with zero attached hydrogens (tertiary/aromatic N) is 4. The average Bonchev–Trinajstić information content (AvgIpc) is 3.48. The highest BCUT2D eigenvalue weighted by Gasteiger charge is 2.27. The predicted octanol–water partition coefficient (Wildman–Crippen LogP) is 5.35. The fourth-order valence-electron chi connectivity index (χ4n) is 5.91. The average molecular weight is 491 g/mol. The van der Waals surface area contributed by atoms with Crippen molar-refractivity contribution in [2.24, 2.45) is 0 Å². The largest absolute Gasteiger partial charge is 0.372 e. The summed E-state index contributed by atoms with van der Waals surface area (Å²) in [6, 6.07) is 29.4. The lowest BCUT2D eigenvalue weighted by molar-refractivity contribution is 0.240. The summed E-state index contributed by atoms with van der Waals surface area (Å²) in [5, 5.41) is 0. The molecule has 0 radical (unpaired) electrons. The monoisotopic (exact) mass is 490 g/mol. The molecule has 0 atom stereocenters. The van der Waals surface area contributed by atoms with Crippen molar-refractivity contribution in [2.45, 2.75) is 45.3 Å². The van der Waals surface area contributed by atoms with Gasteiger partial charge in [0, 0.05) is 44.8 Å².